The van der Waals surface area contributed by atoms with Crippen LogP contribution in [0.3, 0.4) is 0 Å². The molecular formula is C66H49N5. The molecule has 11 aromatic rings. The maximum atomic E-state index is 2.56. The van der Waals surface area contributed by atoms with Gasteiger partial charge in [0.25, 0.3) is 0 Å². The SMILES string of the molecule is C1=CCC(n2c3ccc(N(C4=CC5c6ccccc6N(c6ccccc6)C5C=C4)c4ccccc4)cc3c3cc(N(c4ccccc4)c4ccc5c(c4)c4ccccc4n5-c4ccccc4)ccc32)C=C1. The van der Waals surface area contributed by atoms with Crippen LogP contribution in [-0.2, 0) is 0 Å². The minimum absolute atomic E-state index is 0.170. The molecule has 14 rings (SSSR count). The van der Waals surface area contributed by atoms with Crippen LogP contribution >= 0.6 is 0 Å². The number of aromatic nitrogens is 2. The summed E-state index contributed by atoms with van der Waals surface area (Å²) in [4.78, 5) is 7.38. The normalized spacial score (nSPS) is 17.0. The van der Waals surface area contributed by atoms with Crippen LogP contribution in [0.5, 0.6) is 0 Å². The molecule has 0 N–H and O–H groups in total. The molecule has 0 radical (unpaired) electrons. The van der Waals surface area contributed by atoms with Gasteiger partial charge in [0.15, 0.2) is 0 Å². The van der Waals surface area contributed by atoms with Gasteiger partial charge in [-0.15, -0.1) is 0 Å². The third-order valence-electron chi connectivity index (χ3n) is 14.9. The van der Waals surface area contributed by atoms with Crippen LogP contribution in [0.4, 0.5) is 39.8 Å². The van der Waals surface area contributed by atoms with Gasteiger partial charge in [-0.05, 0) is 133 Å². The fourth-order valence-corrected chi connectivity index (χ4v) is 11.8. The molecule has 2 aliphatic carbocycles. The largest absolute Gasteiger partial charge is 0.333 e. The smallest absolute Gasteiger partial charge is 0.0631 e. The molecule has 0 amide bonds. The molecule has 0 fully saturated rings. The van der Waals surface area contributed by atoms with Gasteiger partial charge in [0.05, 0.1) is 23.1 Å². The lowest BCUT2D eigenvalue weighted by Gasteiger charge is -2.33. The van der Waals surface area contributed by atoms with E-state index in [0.29, 0.717) is 0 Å². The molecule has 9 aromatic carbocycles. The summed E-state index contributed by atoms with van der Waals surface area (Å²) in [5.74, 6) is 0.176. The molecule has 5 heteroatoms. The molecule has 0 bridgehead atoms. The van der Waals surface area contributed by atoms with Gasteiger partial charge in [-0.1, -0.05) is 146 Å². The number of benzene rings is 9. The molecule has 3 aliphatic rings. The average molecular weight is 912 g/mol. The molecule has 0 saturated heterocycles. The molecule has 1 aliphatic heterocycles. The highest BCUT2D eigenvalue weighted by Crippen LogP contribution is 2.50. The van der Waals surface area contributed by atoms with E-state index in [1.807, 2.05) is 0 Å². The highest BCUT2D eigenvalue weighted by molar-refractivity contribution is 6.13. The molecule has 338 valence electrons. The molecular weight excluding hydrogens is 863 g/mol. The second kappa shape index (κ2) is 16.9. The summed E-state index contributed by atoms with van der Waals surface area (Å²) in [5.41, 5.74) is 16.5. The molecule has 5 nitrogen and oxygen atoms in total. The zero-order valence-electron chi connectivity index (χ0n) is 39.1. The third-order valence-corrected chi connectivity index (χ3v) is 14.9. The second-order valence-corrected chi connectivity index (χ2v) is 18.9. The Hall–Kier alpha value is -9.06. The van der Waals surface area contributed by atoms with Crippen molar-refractivity contribution in [3.63, 3.8) is 0 Å². The lowest BCUT2D eigenvalue weighted by atomic mass is 9.89. The van der Waals surface area contributed by atoms with E-state index < -0.39 is 0 Å². The van der Waals surface area contributed by atoms with Crippen molar-refractivity contribution in [2.75, 3.05) is 14.7 Å². The standard InChI is InChI=1S/C66H49N5/c1-6-20-46(21-7-1)67(51-34-38-63-57(42-51)55-30-16-18-32-61(55)69(63)48-24-10-3-11-25-48)53-36-40-65-59(44-53)60-45-54(37-41-66(60)71(65)50-28-14-5-15-29-50)68(47-22-8-2-9-23-47)52-35-39-64-58(43-52)56-31-17-19-33-62(56)70(64)49-26-12-4-13-27-49/h1-28,30-45,50,57,63H,29H2. The van der Waals surface area contributed by atoms with E-state index in [9.17, 15) is 0 Å². The molecule has 3 atom stereocenters. The Kier molecular flexibility index (Phi) is 9.73. The lowest BCUT2D eigenvalue weighted by Crippen LogP contribution is -2.30. The van der Waals surface area contributed by atoms with Crippen molar-refractivity contribution < 1.29 is 0 Å². The molecule has 0 saturated carbocycles. The lowest BCUT2D eigenvalue weighted by molar-refractivity contribution is 0.648. The van der Waals surface area contributed by atoms with Crippen LogP contribution in [0.25, 0.3) is 49.3 Å². The van der Waals surface area contributed by atoms with E-state index in [1.54, 1.807) is 0 Å². The van der Waals surface area contributed by atoms with Crippen molar-refractivity contribution in [2.24, 2.45) is 0 Å². The highest BCUT2D eigenvalue weighted by atomic mass is 15.2. The summed E-state index contributed by atoms with van der Waals surface area (Å²) in [6, 6.07) is 82.4. The van der Waals surface area contributed by atoms with Gasteiger partial charge >= 0.3 is 0 Å². The Bertz CT molecular complexity index is 3940. The van der Waals surface area contributed by atoms with Gasteiger partial charge in [-0.25, -0.2) is 0 Å². The quantitative estimate of drug-likeness (QED) is 0.144. The van der Waals surface area contributed by atoms with Crippen molar-refractivity contribution >= 4 is 83.4 Å². The first-order valence-corrected chi connectivity index (χ1v) is 24.8. The van der Waals surface area contributed by atoms with Crippen molar-refractivity contribution in [1.29, 1.82) is 0 Å². The first-order valence-electron chi connectivity index (χ1n) is 24.8. The maximum Gasteiger partial charge on any atom is 0.0631 e. The zero-order valence-corrected chi connectivity index (χ0v) is 39.1. The van der Waals surface area contributed by atoms with Crippen LogP contribution in [0.15, 0.2) is 273 Å². The summed E-state index contributed by atoms with van der Waals surface area (Å²) in [6.45, 7) is 0. The Labute approximate surface area is 413 Å². The highest BCUT2D eigenvalue weighted by Gasteiger charge is 2.39. The van der Waals surface area contributed by atoms with Gasteiger partial charge in [-0.3, -0.25) is 0 Å². The predicted octanol–water partition coefficient (Wildman–Crippen LogP) is 17.3. The summed E-state index contributed by atoms with van der Waals surface area (Å²) in [7, 11) is 0. The minimum atomic E-state index is 0.170. The van der Waals surface area contributed by atoms with Gasteiger partial charge < -0.3 is 23.8 Å². The molecule has 3 heterocycles. The number of hydrogen-bond acceptors (Lipinski definition) is 3. The first-order chi connectivity index (χ1) is 35.2. The number of fused-ring (bicyclic) bond motifs is 9. The van der Waals surface area contributed by atoms with Gasteiger partial charge in [0.1, 0.15) is 0 Å². The van der Waals surface area contributed by atoms with E-state index in [-0.39, 0.29) is 18.0 Å². The summed E-state index contributed by atoms with van der Waals surface area (Å²) >= 11 is 0. The van der Waals surface area contributed by atoms with Crippen LogP contribution < -0.4 is 14.7 Å². The van der Waals surface area contributed by atoms with E-state index in [1.165, 1.54) is 60.5 Å². The monoisotopic (exact) mass is 911 g/mol. The number of allylic oxidation sites excluding steroid dienone is 5. The molecule has 0 spiro atoms. The van der Waals surface area contributed by atoms with Crippen LogP contribution in [-0.4, -0.2) is 15.2 Å². The van der Waals surface area contributed by atoms with Gasteiger partial charge in [0, 0.05) is 89.7 Å². The van der Waals surface area contributed by atoms with Crippen molar-refractivity contribution in [3.05, 3.63) is 278 Å². The van der Waals surface area contributed by atoms with E-state index in [2.05, 4.69) is 291 Å². The van der Waals surface area contributed by atoms with Crippen molar-refractivity contribution in [2.45, 2.75) is 24.4 Å². The van der Waals surface area contributed by atoms with Gasteiger partial charge in [0.2, 0.25) is 0 Å². The maximum absolute atomic E-state index is 2.56. The van der Waals surface area contributed by atoms with Crippen LogP contribution in [0.2, 0.25) is 0 Å². The fourth-order valence-electron chi connectivity index (χ4n) is 11.8. The fraction of sp³-hybridized carbons (Fsp3) is 0.0606. The zero-order chi connectivity index (χ0) is 46.8. The van der Waals surface area contributed by atoms with Crippen LogP contribution in [0, 0.1) is 0 Å². The van der Waals surface area contributed by atoms with E-state index in [0.717, 1.165) is 46.2 Å². The summed E-state index contributed by atoms with van der Waals surface area (Å²) < 4.78 is 4.94. The predicted molar refractivity (Wildman–Crippen MR) is 298 cm³/mol. The topological polar surface area (TPSA) is 19.6 Å². The Morgan fingerprint density at radius 2 is 0.944 bits per heavy atom. The second-order valence-electron chi connectivity index (χ2n) is 18.9. The third kappa shape index (κ3) is 6.76. The summed E-state index contributed by atoms with van der Waals surface area (Å²) in [5, 5.41) is 4.88. The number of para-hydroxylation sites is 6. The Balaban J connectivity index is 0.943. The first kappa shape index (κ1) is 41.0. The average Bonchev–Trinajstić information content (AvgIpc) is 4.07. The molecule has 2 aromatic heterocycles. The number of rotatable bonds is 9. The van der Waals surface area contributed by atoms with Gasteiger partial charge in [-0.2, -0.15) is 0 Å². The Morgan fingerprint density at radius 3 is 1.61 bits per heavy atom. The van der Waals surface area contributed by atoms with Crippen molar-refractivity contribution in [3.8, 4) is 5.69 Å². The number of hydrogen-bond donors (Lipinski definition) is 0. The molecule has 3 unspecified atom stereocenters. The van der Waals surface area contributed by atoms with E-state index in [4.69, 9.17) is 0 Å². The number of anilines is 7. The molecule has 71 heavy (non-hydrogen) atoms. The number of nitrogens with zero attached hydrogens (tertiary/aromatic N) is 5. The van der Waals surface area contributed by atoms with Crippen molar-refractivity contribution in [1.82, 2.24) is 9.13 Å². The Morgan fingerprint density at radius 1 is 0.408 bits per heavy atom. The summed E-state index contributed by atoms with van der Waals surface area (Å²) in [6.07, 6.45) is 17.2. The minimum Gasteiger partial charge on any atom is -0.333 e. The van der Waals surface area contributed by atoms with Crippen LogP contribution in [0.1, 0.15) is 23.9 Å². The van der Waals surface area contributed by atoms with E-state index >= 15 is 0 Å².